The molecular formula is C10H11ClN2. The van der Waals surface area contributed by atoms with Gasteiger partial charge in [-0.05, 0) is 19.4 Å². The molecule has 0 aromatic carbocycles. The highest BCUT2D eigenvalue weighted by atomic mass is 35.5. The third-order valence-corrected chi connectivity index (χ3v) is 2.70. The van der Waals surface area contributed by atoms with Gasteiger partial charge in [0.1, 0.15) is 0 Å². The maximum Gasteiger partial charge on any atom is 0.0704 e. The molecule has 2 heterocycles. The Labute approximate surface area is 81.9 Å². The molecule has 0 radical (unpaired) electrons. The zero-order valence-electron chi connectivity index (χ0n) is 7.69. The Morgan fingerprint density at radius 3 is 3.00 bits per heavy atom. The van der Waals surface area contributed by atoms with Gasteiger partial charge in [0, 0.05) is 23.0 Å². The largest absolute Gasteiger partial charge is 0.357 e. The number of H-pyrrole nitrogens is 1. The smallest absolute Gasteiger partial charge is 0.0704 e. The fourth-order valence-corrected chi connectivity index (χ4v) is 1.63. The molecule has 0 fully saturated rings. The van der Waals surface area contributed by atoms with Gasteiger partial charge in [0.15, 0.2) is 0 Å². The van der Waals surface area contributed by atoms with Crippen LogP contribution < -0.4 is 0 Å². The number of aromatic amines is 1. The van der Waals surface area contributed by atoms with Crippen LogP contribution in [0.25, 0.3) is 10.9 Å². The van der Waals surface area contributed by atoms with Crippen LogP contribution in [0.15, 0.2) is 12.3 Å². The van der Waals surface area contributed by atoms with Gasteiger partial charge >= 0.3 is 0 Å². The van der Waals surface area contributed by atoms with Crippen molar-refractivity contribution in [1.82, 2.24) is 9.97 Å². The van der Waals surface area contributed by atoms with Crippen LogP contribution in [-0.4, -0.2) is 9.97 Å². The summed E-state index contributed by atoms with van der Waals surface area (Å²) >= 11 is 6.07. The summed E-state index contributed by atoms with van der Waals surface area (Å²) in [6.45, 7) is 4.06. The molecule has 2 aromatic heterocycles. The van der Waals surface area contributed by atoms with Gasteiger partial charge in [0.25, 0.3) is 0 Å². The average Bonchev–Trinajstić information content (AvgIpc) is 2.42. The molecule has 0 spiro atoms. The zero-order valence-corrected chi connectivity index (χ0v) is 8.44. The third kappa shape index (κ3) is 1.31. The number of fused-ring (bicyclic) bond motifs is 1. The molecule has 0 aliphatic carbocycles. The summed E-state index contributed by atoms with van der Waals surface area (Å²) in [6, 6.07) is 2.05. The summed E-state index contributed by atoms with van der Waals surface area (Å²) in [4.78, 5) is 7.52. The highest BCUT2D eigenvalue weighted by molar-refractivity contribution is 6.36. The lowest BCUT2D eigenvalue weighted by Gasteiger charge is -1.94. The summed E-state index contributed by atoms with van der Waals surface area (Å²) in [7, 11) is 0. The SMILES string of the molecule is CCc1cc2[nH]c(C)c(Cl)c2cn1. The Kier molecular flexibility index (Phi) is 2.00. The predicted octanol–water partition coefficient (Wildman–Crippen LogP) is 3.09. The van der Waals surface area contributed by atoms with E-state index in [0.29, 0.717) is 0 Å². The Morgan fingerprint density at radius 2 is 2.31 bits per heavy atom. The monoisotopic (exact) mass is 194 g/mol. The second kappa shape index (κ2) is 3.04. The molecule has 0 unspecified atom stereocenters. The summed E-state index contributed by atoms with van der Waals surface area (Å²) in [5.41, 5.74) is 3.17. The molecule has 13 heavy (non-hydrogen) atoms. The van der Waals surface area contributed by atoms with Gasteiger partial charge in [-0.3, -0.25) is 4.98 Å². The molecule has 0 aliphatic heterocycles. The highest BCUT2D eigenvalue weighted by Gasteiger charge is 2.06. The zero-order chi connectivity index (χ0) is 9.42. The van der Waals surface area contributed by atoms with Gasteiger partial charge in [-0.2, -0.15) is 0 Å². The molecule has 1 N–H and O–H groups in total. The first-order valence-electron chi connectivity index (χ1n) is 4.35. The van der Waals surface area contributed by atoms with E-state index in [1.165, 1.54) is 0 Å². The number of rotatable bonds is 1. The van der Waals surface area contributed by atoms with Crippen LogP contribution in [0.3, 0.4) is 0 Å². The fourth-order valence-electron chi connectivity index (χ4n) is 1.43. The molecule has 2 rings (SSSR count). The highest BCUT2D eigenvalue weighted by Crippen LogP contribution is 2.26. The van der Waals surface area contributed by atoms with Crippen LogP contribution in [0.2, 0.25) is 5.02 Å². The molecular weight excluding hydrogens is 184 g/mol. The van der Waals surface area contributed by atoms with Crippen LogP contribution in [0.5, 0.6) is 0 Å². The number of hydrogen-bond acceptors (Lipinski definition) is 1. The van der Waals surface area contributed by atoms with Gasteiger partial charge in [-0.15, -0.1) is 0 Å². The third-order valence-electron chi connectivity index (χ3n) is 2.21. The van der Waals surface area contributed by atoms with Crippen molar-refractivity contribution in [3.8, 4) is 0 Å². The fraction of sp³-hybridized carbons (Fsp3) is 0.300. The van der Waals surface area contributed by atoms with Gasteiger partial charge in [0.05, 0.1) is 10.5 Å². The molecule has 0 saturated carbocycles. The summed E-state index contributed by atoms with van der Waals surface area (Å²) in [6.07, 6.45) is 2.78. The molecule has 0 bridgehead atoms. The lowest BCUT2D eigenvalue weighted by atomic mass is 10.2. The lowest BCUT2D eigenvalue weighted by Crippen LogP contribution is -1.84. The predicted molar refractivity (Wildman–Crippen MR) is 55.2 cm³/mol. The van der Waals surface area contributed by atoms with Crippen LogP contribution in [0.1, 0.15) is 18.3 Å². The molecule has 3 heteroatoms. The van der Waals surface area contributed by atoms with E-state index in [1.54, 1.807) is 0 Å². The van der Waals surface area contributed by atoms with E-state index < -0.39 is 0 Å². The normalized spacial score (nSPS) is 11.0. The number of nitrogens with one attached hydrogen (secondary N) is 1. The Morgan fingerprint density at radius 1 is 1.54 bits per heavy atom. The maximum atomic E-state index is 6.07. The van der Waals surface area contributed by atoms with E-state index in [2.05, 4.69) is 16.9 Å². The first kappa shape index (κ1) is 8.57. The van der Waals surface area contributed by atoms with Crippen molar-refractivity contribution in [2.75, 3.05) is 0 Å². The first-order chi connectivity index (χ1) is 6.22. The second-order valence-electron chi connectivity index (χ2n) is 3.14. The van der Waals surface area contributed by atoms with Crippen molar-refractivity contribution in [3.05, 3.63) is 28.7 Å². The van der Waals surface area contributed by atoms with Crippen LogP contribution in [0, 0.1) is 6.92 Å². The molecule has 2 aromatic rings. The minimum absolute atomic E-state index is 0.783. The molecule has 2 nitrogen and oxygen atoms in total. The van der Waals surface area contributed by atoms with E-state index in [-0.39, 0.29) is 0 Å². The summed E-state index contributed by atoms with van der Waals surface area (Å²) < 4.78 is 0. The summed E-state index contributed by atoms with van der Waals surface area (Å²) in [5.74, 6) is 0. The second-order valence-corrected chi connectivity index (χ2v) is 3.52. The van der Waals surface area contributed by atoms with Crippen molar-refractivity contribution >= 4 is 22.5 Å². The number of aromatic nitrogens is 2. The Bertz CT molecular complexity index is 445. The minimum atomic E-state index is 0.783. The van der Waals surface area contributed by atoms with Crippen LogP contribution in [-0.2, 0) is 6.42 Å². The molecule has 0 saturated heterocycles. The number of aryl methyl sites for hydroxylation is 2. The van der Waals surface area contributed by atoms with E-state index in [0.717, 1.165) is 33.7 Å². The van der Waals surface area contributed by atoms with Crippen molar-refractivity contribution in [1.29, 1.82) is 0 Å². The Balaban J connectivity index is 2.73. The number of hydrogen-bond donors (Lipinski definition) is 1. The number of pyridine rings is 1. The number of nitrogens with zero attached hydrogens (tertiary/aromatic N) is 1. The van der Waals surface area contributed by atoms with Gasteiger partial charge in [0.2, 0.25) is 0 Å². The topological polar surface area (TPSA) is 28.7 Å². The van der Waals surface area contributed by atoms with Crippen molar-refractivity contribution < 1.29 is 0 Å². The number of halogens is 1. The van der Waals surface area contributed by atoms with Gasteiger partial charge < -0.3 is 4.98 Å². The Hall–Kier alpha value is -1.02. The average molecular weight is 195 g/mol. The maximum absolute atomic E-state index is 6.07. The minimum Gasteiger partial charge on any atom is -0.357 e. The van der Waals surface area contributed by atoms with Crippen molar-refractivity contribution in [2.45, 2.75) is 20.3 Å². The van der Waals surface area contributed by atoms with Crippen LogP contribution in [0.4, 0.5) is 0 Å². The molecule has 0 aliphatic rings. The van der Waals surface area contributed by atoms with Crippen LogP contribution >= 0.6 is 11.6 Å². The van der Waals surface area contributed by atoms with E-state index in [4.69, 9.17) is 11.6 Å². The first-order valence-corrected chi connectivity index (χ1v) is 4.73. The van der Waals surface area contributed by atoms with E-state index in [1.807, 2.05) is 19.2 Å². The molecule has 0 amide bonds. The van der Waals surface area contributed by atoms with Gasteiger partial charge in [-0.1, -0.05) is 18.5 Å². The quantitative estimate of drug-likeness (QED) is 0.743. The molecule has 68 valence electrons. The molecule has 0 atom stereocenters. The summed E-state index contributed by atoms with van der Waals surface area (Å²) in [5, 5.41) is 1.79. The lowest BCUT2D eigenvalue weighted by molar-refractivity contribution is 1.04. The van der Waals surface area contributed by atoms with E-state index >= 15 is 0 Å². The van der Waals surface area contributed by atoms with Crippen molar-refractivity contribution in [3.63, 3.8) is 0 Å². The van der Waals surface area contributed by atoms with E-state index in [9.17, 15) is 0 Å². The standard InChI is InChI=1S/C10H11ClN2/c1-3-7-4-9-8(5-12-7)10(11)6(2)13-9/h4-5,13H,3H2,1-2H3. The van der Waals surface area contributed by atoms with Gasteiger partial charge in [-0.25, -0.2) is 0 Å². The van der Waals surface area contributed by atoms with Crippen molar-refractivity contribution in [2.24, 2.45) is 0 Å².